The highest BCUT2D eigenvalue weighted by molar-refractivity contribution is 7.85. The summed E-state index contributed by atoms with van der Waals surface area (Å²) in [7, 11) is 0.682. The first-order valence-corrected chi connectivity index (χ1v) is 9.96. The lowest BCUT2D eigenvalue weighted by atomic mass is 10.2. The number of nitrogens with two attached hydrogens (primary N) is 1. The highest BCUT2D eigenvalue weighted by atomic mass is 32.2. The van der Waals surface area contributed by atoms with Crippen molar-refractivity contribution in [1.29, 1.82) is 0 Å². The van der Waals surface area contributed by atoms with Gasteiger partial charge in [0.25, 0.3) is 0 Å². The molecule has 0 fully saturated rings. The average molecular weight is 372 g/mol. The molecule has 2 heterocycles. The Labute approximate surface area is 155 Å². The van der Waals surface area contributed by atoms with Crippen molar-refractivity contribution >= 4 is 27.7 Å². The number of ether oxygens (including phenoxy) is 1. The smallest absolute Gasteiger partial charge is 0.151 e. The molecule has 0 aliphatic carbocycles. The number of anilines is 1. The number of hydrogen-bond donors (Lipinski definition) is 1. The maximum absolute atomic E-state index is 12.5. The van der Waals surface area contributed by atoms with Crippen LogP contribution in [0.1, 0.15) is 17.8 Å². The van der Waals surface area contributed by atoms with E-state index in [4.69, 9.17) is 10.5 Å². The fourth-order valence-electron chi connectivity index (χ4n) is 3.04. The van der Waals surface area contributed by atoms with E-state index < -0.39 is 10.8 Å². The van der Waals surface area contributed by atoms with Gasteiger partial charge in [0.2, 0.25) is 0 Å². The second-order valence-electron chi connectivity index (χ2n) is 6.16. The Hall–Kier alpha value is -2.25. The van der Waals surface area contributed by atoms with Gasteiger partial charge in [-0.05, 0) is 31.0 Å². The molecule has 2 N–H and O–H groups in total. The van der Waals surface area contributed by atoms with Crippen LogP contribution in [0.5, 0.6) is 0 Å². The van der Waals surface area contributed by atoms with Crippen LogP contribution in [0, 0.1) is 6.92 Å². The number of nitrogens with zero attached hydrogens (tertiary/aromatic N) is 3. The summed E-state index contributed by atoms with van der Waals surface area (Å²) in [5, 5.41) is 0. The normalized spacial score (nSPS) is 12.5. The van der Waals surface area contributed by atoms with E-state index in [2.05, 4.69) is 14.5 Å². The van der Waals surface area contributed by atoms with Crippen LogP contribution in [0.25, 0.3) is 11.0 Å². The first-order valence-electron chi connectivity index (χ1n) is 8.64. The van der Waals surface area contributed by atoms with Gasteiger partial charge >= 0.3 is 0 Å². The predicted octanol–water partition coefficient (Wildman–Crippen LogP) is 2.71. The van der Waals surface area contributed by atoms with Crippen molar-refractivity contribution in [3.05, 3.63) is 47.9 Å². The van der Waals surface area contributed by atoms with Crippen molar-refractivity contribution in [3.8, 4) is 0 Å². The summed E-state index contributed by atoms with van der Waals surface area (Å²) < 4.78 is 19.8. The molecule has 26 heavy (non-hydrogen) atoms. The number of aryl methyl sites for hydroxylation is 2. The van der Waals surface area contributed by atoms with Crippen molar-refractivity contribution in [1.82, 2.24) is 14.5 Å². The molecule has 1 unspecified atom stereocenters. The average Bonchev–Trinajstić information content (AvgIpc) is 3.03. The van der Waals surface area contributed by atoms with Crippen LogP contribution in [0.4, 0.5) is 5.82 Å². The van der Waals surface area contributed by atoms with E-state index in [1.807, 2.05) is 37.3 Å². The Kier molecular flexibility index (Phi) is 6.00. The van der Waals surface area contributed by atoms with Crippen LogP contribution in [0.15, 0.2) is 41.4 Å². The standard InChI is InChI=1S/C19H24N4O2S/c1-14-13-21-19(20)17-18(14)23(16(22-17)9-11-25-2)10-6-12-26(24)15-7-4-3-5-8-15/h3-5,7-8,13H,6,9-12H2,1-2H3,(H2,20,21). The fraction of sp³-hybridized carbons (Fsp3) is 0.368. The Balaban J connectivity index is 1.81. The number of nitrogen functional groups attached to an aromatic ring is 1. The topological polar surface area (TPSA) is 83.0 Å². The molecule has 3 aromatic rings. The van der Waals surface area contributed by atoms with Crippen molar-refractivity contribution in [2.24, 2.45) is 0 Å². The van der Waals surface area contributed by atoms with Crippen LogP contribution in [0.3, 0.4) is 0 Å². The van der Waals surface area contributed by atoms with Crippen LogP contribution in [-0.2, 0) is 28.5 Å². The Morgan fingerprint density at radius 2 is 2.04 bits per heavy atom. The molecule has 138 valence electrons. The second kappa shape index (κ2) is 8.42. The van der Waals surface area contributed by atoms with E-state index >= 15 is 0 Å². The summed E-state index contributed by atoms with van der Waals surface area (Å²) in [6.07, 6.45) is 3.26. The van der Waals surface area contributed by atoms with E-state index in [1.165, 1.54) is 0 Å². The minimum Gasteiger partial charge on any atom is -0.384 e. The van der Waals surface area contributed by atoms with Gasteiger partial charge in [-0.2, -0.15) is 0 Å². The second-order valence-corrected chi connectivity index (χ2v) is 7.73. The van der Waals surface area contributed by atoms with E-state index in [1.54, 1.807) is 13.3 Å². The maximum Gasteiger partial charge on any atom is 0.151 e. The molecule has 7 heteroatoms. The van der Waals surface area contributed by atoms with Gasteiger partial charge in [-0.3, -0.25) is 4.21 Å². The van der Waals surface area contributed by atoms with E-state index in [9.17, 15) is 4.21 Å². The van der Waals surface area contributed by atoms with Crippen LogP contribution < -0.4 is 5.73 Å². The minimum absolute atomic E-state index is 0.441. The number of rotatable bonds is 8. The number of methoxy groups -OCH3 is 1. The third-order valence-corrected chi connectivity index (χ3v) is 5.76. The number of imidazole rings is 1. The summed E-state index contributed by atoms with van der Waals surface area (Å²) in [6, 6.07) is 9.57. The molecule has 1 atom stereocenters. The van der Waals surface area contributed by atoms with Gasteiger partial charge < -0.3 is 15.0 Å². The van der Waals surface area contributed by atoms with E-state index in [0.29, 0.717) is 24.6 Å². The lowest BCUT2D eigenvalue weighted by Crippen LogP contribution is -2.10. The van der Waals surface area contributed by atoms with Crippen LogP contribution in [0.2, 0.25) is 0 Å². The monoisotopic (exact) mass is 372 g/mol. The summed E-state index contributed by atoms with van der Waals surface area (Å²) in [4.78, 5) is 9.77. The van der Waals surface area contributed by atoms with Crippen molar-refractivity contribution in [3.63, 3.8) is 0 Å². The zero-order chi connectivity index (χ0) is 18.5. The molecule has 0 amide bonds. The number of benzene rings is 1. The van der Waals surface area contributed by atoms with Gasteiger partial charge in [0.15, 0.2) is 5.82 Å². The molecule has 0 saturated heterocycles. The Morgan fingerprint density at radius 3 is 2.77 bits per heavy atom. The summed E-state index contributed by atoms with van der Waals surface area (Å²) >= 11 is 0. The number of fused-ring (bicyclic) bond motifs is 1. The minimum atomic E-state index is -0.996. The van der Waals surface area contributed by atoms with Crippen molar-refractivity contribution < 1.29 is 8.95 Å². The van der Waals surface area contributed by atoms with Gasteiger partial charge in [0.05, 0.1) is 22.9 Å². The zero-order valence-electron chi connectivity index (χ0n) is 15.1. The van der Waals surface area contributed by atoms with Crippen molar-refractivity contribution in [2.45, 2.75) is 31.2 Å². The maximum atomic E-state index is 12.5. The fourth-order valence-corrected chi connectivity index (χ4v) is 4.12. The molecular formula is C19H24N4O2S. The van der Waals surface area contributed by atoms with Crippen LogP contribution >= 0.6 is 0 Å². The van der Waals surface area contributed by atoms with E-state index in [-0.39, 0.29) is 0 Å². The molecule has 6 nitrogen and oxygen atoms in total. The Morgan fingerprint density at radius 1 is 1.27 bits per heavy atom. The SMILES string of the molecule is COCCc1nc2c(N)ncc(C)c2n1CCCS(=O)c1ccccc1. The summed E-state index contributed by atoms with van der Waals surface area (Å²) in [5.74, 6) is 1.97. The first kappa shape index (κ1) is 18.5. The van der Waals surface area contributed by atoms with Gasteiger partial charge in [-0.15, -0.1) is 0 Å². The highest BCUT2D eigenvalue weighted by Crippen LogP contribution is 2.24. The number of hydrogen-bond acceptors (Lipinski definition) is 5. The lowest BCUT2D eigenvalue weighted by molar-refractivity contribution is 0.199. The highest BCUT2D eigenvalue weighted by Gasteiger charge is 2.16. The van der Waals surface area contributed by atoms with Gasteiger partial charge in [0, 0.05) is 36.9 Å². The largest absolute Gasteiger partial charge is 0.384 e. The number of pyridine rings is 1. The third kappa shape index (κ3) is 3.94. The van der Waals surface area contributed by atoms with E-state index in [0.717, 1.165) is 40.3 Å². The summed E-state index contributed by atoms with van der Waals surface area (Å²) in [6.45, 7) is 3.33. The molecule has 0 aliphatic rings. The summed E-state index contributed by atoms with van der Waals surface area (Å²) in [5.41, 5.74) is 8.80. The molecule has 1 aromatic carbocycles. The van der Waals surface area contributed by atoms with Gasteiger partial charge in [-0.1, -0.05) is 18.2 Å². The third-order valence-electron chi connectivity index (χ3n) is 4.31. The molecule has 2 aromatic heterocycles. The van der Waals surface area contributed by atoms with Crippen LogP contribution in [-0.4, -0.2) is 38.2 Å². The first-order chi connectivity index (χ1) is 12.6. The zero-order valence-corrected chi connectivity index (χ0v) is 16.0. The molecule has 0 radical (unpaired) electrons. The van der Waals surface area contributed by atoms with Crippen molar-refractivity contribution in [2.75, 3.05) is 25.2 Å². The molecule has 3 rings (SSSR count). The Bertz CT molecular complexity index is 909. The molecular weight excluding hydrogens is 348 g/mol. The molecule has 0 bridgehead atoms. The lowest BCUT2D eigenvalue weighted by Gasteiger charge is -2.10. The van der Waals surface area contributed by atoms with Gasteiger partial charge in [0.1, 0.15) is 11.3 Å². The quantitative estimate of drug-likeness (QED) is 0.657. The molecule has 0 aliphatic heterocycles. The molecule has 0 saturated carbocycles. The van der Waals surface area contributed by atoms with Gasteiger partial charge in [-0.25, -0.2) is 9.97 Å². The predicted molar refractivity (Wildman–Crippen MR) is 105 cm³/mol. The number of aromatic nitrogens is 3. The molecule has 0 spiro atoms.